The lowest BCUT2D eigenvalue weighted by atomic mass is 10.3. The zero-order valence-corrected chi connectivity index (χ0v) is 14.3. The minimum atomic E-state index is -0.250. The van der Waals surface area contributed by atoms with Gasteiger partial charge in [0.25, 0.3) is 5.89 Å². The number of nitrogens with zero attached hydrogens (tertiary/aromatic N) is 4. The first kappa shape index (κ1) is 17.2. The van der Waals surface area contributed by atoms with Crippen LogP contribution in [0.3, 0.4) is 0 Å². The van der Waals surface area contributed by atoms with E-state index in [1.54, 1.807) is 4.90 Å². The Kier molecular flexibility index (Phi) is 5.84. The molecule has 0 atom stereocenters. The molecule has 0 aliphatic carbocycles. The average molecular weight is 346 g/mol. The third-order valence-corrected chi connectivity index (χ3v) is 3.87. The van der Waals surface area contributed by atoms with E-state index in [-0.39, 0.29) is 12.7 Å². The van der Waals surface area contributed by atoms with Crippen molar-refractivity contribution in [1.29, 1.82) is 0 Å². The molecule has 0 saturated carbocycles. The number of benzene rings is 1. The number of amides is 1. The van der Waals surface area contributed by atoms with Gasteiger partial charge in [0.2, 0.25) is 5.89 Å². The molecular weight excluding hydrogens is 324 g/mol. The lowest BCUT2D eigenvalue weighted by molar-refractivity contribution is 0.0753. The van der Waals surface area contributed by atoms with Crippen LogP contribution >= 0.6 is 0 Å². The molecule has 0 bridgehead atoms. The maximum Gasteiger partial charge on any atom is 0.409 e. The maximum atomic E-state index is 11.7. The van der Waals surface area contributed by atoms with Gasteiger partial charge in [-0.2, -0.15) is 0 Å². The second kappa shape index (κ2) is 8.48. The molecule has 0 spiro atoms. The van der Waals surface area contributed by atoms with Gasteiger partial charge in [0.05, 0.1) is 13.2 Å². The minimum Gasteiger partial charge on any atom is -0.484 e. The first-order valence-corrected chi connectivity index (χ1v) is 8.37. The predicted octanol–water partition coefficient (Wildman–Crippen LogP) is 1.92. The van der Waals surface area contributed by atoms with Gasteiger partial charge in [-0.3, -0.25) is 4.90 Å². The predicted molar refractivity (Wildman–Crippen MR) is 88.9 cm³/mol. The van der Waals surface area contributed by atoms with Crippen LogP contribution in [-0.2, 0) is 17.9 Å². The van der Waals surface area contributed by atoms with Gasteiger partial charge in [-0.1, -0.05) is 18.2 Å². The summed E-state index contributed by atoms with van der Waals surface area (Å²) in [7, 11) is 0. The van der Waals surface area contributed by atoms with Crippen molar-refractivity contribution in [3.63, 3.8) is 0 Å². The molecule has 1 fully saturated rings. The number of carbonyl (C=O) groups is 1. The van der Waals surface area contributed by atoms with Crippen molar-refractivity contribution in [1.82, 2.24) is 20.0 Å². The number of para-hydroxylation sites is 1. The van der Waals surface area contributed by atoms with Gasteiger partial charge in [-0.05, 0) is 19.1 Å². The largest absolute Gasteiger partial charge is 0.484 e. The molecule has 1 aromatic heterocycles. The van der Waals surface area contributed by atoms with Gasteiger partial charge in [-0.25, -0.2) is 4.79 Å². The summed E-state index contributed by atoms with van der Waals surface area (Å²) in [5, 5.41) is 8.07. The van der Waals surface area contributed by atoms with E-state index in [0.29, 0.717) is 38.0 Å². The van der Waals surface area contributed by atoms with Crippen LogP contribution in [0, 0.1) is 0 Å². The number of rotatable bonds is 6. The van der Waals surface area contributed by atoms with Crippen LogP contribution in [0.2, 0.25) is 0 Å². The first-order chi connectivity index (χ1) is 12.2. The van der Waals surface area contributed by atoms with E-state index >= 15 is 0 Å². The molecule has 0 N–H and O–H groups in total. The van der Waals surface area contributed by atoms with Crippen molar-refractivity contribution in [2.24, 2.45) is 0 Å². The highest BCUT2D eigenvalue weighted by Gasteiger charge is 2.23. The molecule has 134 valence electrons. The number of ether oxygens (including phenoxy) is 2. The number of hydrogen-bond donors (Lipinski definition) is 0. The smallest absolute Gasteiger partial charge is 0.409 e. The monoisotopic (exact) mass is 346 g/mol. The summed E-state index contributed by atoms with van der Waals surface area (Å²) < 4.78 is 16.2. The summed E-state index contributed by atoms with van der Waals surface area (Å²) in [6, 6.07) is 9.50. The fourth-order valence-corrected chi connectivity index (χ4v) is 2.57. The lowest BCUT2D eigenvalue weighted by Crippen LogP contribution is -2.48. The zero-order valence-electron chi connectivity index (χ0n) is 14.3. The lowest BCUT2D eigenvalue weighted by Gasteiger charge is -2.33. The first-order valence-electron chi connectivity index (χ1n) is 8.37. The van der Waals surface area contributed by atoms with Crippen LogP contribution < -0.4 is 4.74 Å². The third-order valence-electron chi connectivity index (χ3n) is 3.87. The number of piperazine rings is 1. The SMILES string of the molecule is CCOC(=O)N1CCN(Cc2nnc(COc3ccccc3)o2)CC1. The standard InChI is InChI=1S/C17H22N4O4/c1-2-23-17(22)21-10-8-20(9-11-21)12-15-18-19-16(25-15)13-24-14-6-4-3-5-7-14/h3-7H,2,8-13H2,1H3. The molecule has 1 aliphatic rings. The van der Waals surface area contributed by atoms with Crippen molar-refractivity contribution < 1.29 is 18.7 Å². The quantitative estimate of drug-likeness (QED) is 0.790. The van der Waals surface area contributed by atoms with Crippen molar-refractivity contribution >= 4 is 6.09 Å². The Morgan fingerprint density at radius 1 is 1.12 bits per heavy atom. The molecule has 0 unspecified atom stereocenters. The van der Waals surface area contributed by atoms with E-state index in [4.69, 9.17) is 13.9 Å². The fraction of sp³-hybridized carbons (Fsp3) is 0.471. The van der Waals surface area contributed by atoms with Gasteiger partial charge in [0, 0.05) is 26.2 Å². The minimum absolute atomic E-state index is 0.244. The number of hydrogen-bond acceptors (Lipinski definition) is 7. The normalized spacial score (nSPS) is 15.2. The average Bonchev–Trinajstić information content (AvgIpc) is 3.09. The molecule has 8 heteroatoms. The van der Waals surface area contributed by atoms with E-state index in [1.807, 2.05) is 37.3 Å². The van der Waals surface area contributed by atoms with Gasteiger partial charge in [0.1, 0.15) is 5.75 Å². The summed E-state index contributed by atoms with van der Waals surface area (Å²) in [5.74, 6) is 1.76. The Bertz CT molecular complexity index is 668. The topological polar surface area (TPSA) is 80.9 Å². The van der Waals surface area contributed by atoms with E-state index in [2.05, 4.69) is 15.1 Å². The fourth-order valence-electron chi connectivity index (χ4n) is 2.57. The maximum absolute atomic E-state index is 11.7. The van der Waals surface area contributed by atoms with Gasteiger partial charge in [0.15, 0.2) is 6.61 Å². The molecule has 2 aromatic rings. The highest BCUT2D eigenvalue weighted by Crippen LogP contribution is 2.12. The van der Waals surface area contributed by atoms with Crippen LogP contribution in [0.4, 0.5) is 4.79 Å². The van der Waals surface area contributed by atoms with Crippen LogP contribution in [0.15, 0.2) is 34.7 Å². The highest BCUT2D eigenvalue weighted by atomic mass is 16.6. The van der Waals surface area contributed by atoms with Crippen LogP contribution in [-0.4, -0.2) is 58.9 Å². The molecule has 1 saturated heterocycles. The van der Waals surface area contributed by atoms with Crippen molar-refractivity contribution in [3.8, 4) is 5.75 Å². The second-order valence-electron chi connectivity index (χ2n) is 5.65. The van der Waals surface area contributed by atoms with Crippen molar-refractivity contribution in [2.45, 2.75) is 20.1 Å². The van der Waals surface area contributed by atoms with Crippen molar-refractivity contribution in [2.75, 3.05) is 32.8 Å². The molecule has 0 radical (unpaired) electrons. The zero-order chi connectivity index (χ0) is 17.5. The molecule has 25 heavy (non-hydrogen) atoms. The van der Waals surface area contributed by atoms with Gasteiger partial charge >= 0.3 is 6.09 Å². The van der Waals surface area contributed by atoms with Crippen LogP contribution in [0.1, 0.15) is 18.7 Å². The third kappa shape index (κ3) is 4.93. The Balaban J connectivity index is 1.44. The van der Waals surface area contributed by atoms with Gasteiger partial charge in [-0.15, -0.1) is 10.2 Å². The molecule has 1 amide bonds. The summed E-state index contributed by atoms with van der Waals surface area (Å²) in [4.78, 5) is 15.6. The van der Waals surface area contributed by atoms with Crippen LogP contribution in [0.5, 0.6) is 5.75 Å². The molecular formula is C17H22N4O4. The molecule has 8 nitrogen and oxygen atoms in total. The Hall–Kier alpha value is -2.61. The second-order valence-corrected chi connectivity index (χ2v) is 5.65. The Morgan fingerprint density at radius 2 is 1.84 bits per heavy atom. The van der Waals surface area contributed by atoms with E-state index < -0.39 is 0 Å². The van der Waals surface area contributed by atoms with E-state index in [9.17, 15) is 4.79 Å². The summed E-state index contributed by atoms with van der Waals surface area (Å²) in [6.45, 7) is 5.78. The highest BCUT2D eigenvalue weighted by molar-refractivity contribution is 5.67. The number of aromatic nitrogens is 2. The van der Waals surface area contributed by atoms with E-state index in [0.717, 1.165) is 18.8 Å². The summed E-state index contributed by atoms with van der Waals surface area (Å²) >= 11 is 0. The van der Waals surface area contributed by atoms with Gasteiger partial charge < -0.3 is 18.8 Å². The Morgan fingerprint density at radius 3 is 2.56 bits per heavy atom. The number of carbonyl (C=O) groups excluding carboxylic acids is 1. The molecule has 1 aromatic carbocycles. The summed E-state index contributed by atoms with van der Waals surface area (Å²) in [5.41, 5.74) is 0. The summed E-state index contributed by atoms with van der Waals surface area (Å²) in [6.07, 6.45) is -0.250. The van der Waals surface area contributed by atoms with Crippen LogP contribution in [0.25, 0.3) is 0 Å². The Labute approximate surface area is 146 Å². The molecule has 1 aliphatic heterocycles. The van der Waals surface area contributed by atoms with E-state index in [1.165, 1.54) is 0 Å². The molecule has 3 rings (SSSR count). The van der Waals surface area contributed by atoms with Crippen molar-refractivity contribution in [3.05, 3.63) is 42.1 Å². The molecule has 2 heterocycles.